The Hall–Kier alpha value is -1.84. The SMILES string of the molecule is CC(=O)Oc1cc(C(N)=O)ccc1C. The Kier molecular flexibility index (Phi) is 2.86. The Labute approximate surface area is 81.7 Å². The van der Waals surface area contributed by atoms with Gasteiger partial charge in [0.1, 0.15) is 5.75 Å². The van der Waals surface area contributed by atoms with E-state index < -0.39 is 11.9 Å². The van der Waals surface area contributed by atoms with Gasteiger partial charge in [0.2, 0.25) is 5.91 Å². The highest BCUT2D eigenvalue weighted by atomic mass is 16.5. The summed E-state index contributed by atoms with van der Waals surface area (Å²) >= 11 is 0. The maximum atomic E-state index is 10.8. The third-order valence-electron chi connectivity index (χ3n) is 1.73. The van der Waals surface area contributed by atoms with Crippen molar-refractivity contribution in [3.05, 3.63) is 29.3 Å². The minimum absolute atomic E-state index is 0.326. The minimum atomic E-state index is -0.543. The quantitative estimate of drug-likeness (QED) is 0.563. The van der Waals surface area contributed by atoms with Gasteiger partial charge in [0.05, 0.1) is 0 Å². The maximum absolute atomic E-state index is 10.8. The van der Waals surface area contributed by atoms with Gasteiger partial charge in [-0.1, -0.05) is 6.07 Å². The highest BCUT2D eigenvalue weighted by Crippen LogP contribution is 2.19. The molecule has 14 heavy (non-hydrogen) atoms. The fraction of sp³-hybridized carbons (Fsp3) is 0.200. The van der Waals surface area contributed by atoms with Crippen molar-refractivity contribution in [3.8, 4) is 5.75 Å². The van der Waals surface area contributed by atoms with Gasteiger partial charge in [0.25, 0.3) is 0 Å². The van der Waals surface area contributed by atoms with Crippen LogP contribution in [0, 0.1) is 6.92 Å². The van der Waals surface area contributed by atoms with Gasteiger partial charge >= 0.3 is 5.97 Å². The molecule has 1 aromatic carbocycles. The second-order valence-electron chi connectivity index (χ2n) is 2.94. The van der Waals surface area contributed by atoms with E-state index in [1.165, 1.54) is 13.0 Å². The molecule has 0 atom stereocenters. The highest BCUT2D eigenvalue weighted by Gasteiger charge is 2.06. The van der Waals surface area contributed by atoms with E-state index in [0.29, 0.717) is 11.3 Å². The summed E-state index contributed by atoms with van der Waals surface area (Å²) in [6.07, 6.45) is 0. The minimum Gasteiger partial charge on any atom is -0.426 e. The first-order chi connectivity index (χ1) is 6.50. The normalized spacial score (nSPS) is 9.57. The second kappa shape index (κ2) is 3.91. The molecule has 0 aliphatic rings. The first kappa shape index (κ1) is 10.2. The fourth-order valence-electron chi connectivity index (χ4n) is 1.02. The molecule has 0 unspecified atom stereocenters. The number of ether oxygens (including phenoxy) is 1. The molecule has 2 N–H and O–H groups in total. The predicted molar refractivity (Wildman–Crippen MR) is 51.0 cm³/mol. The van der Waals surface area contributed by atoms with Gasteiger partial charge in [-0.15, -0.1) is 0 Å². The summed E-state index contributed by atoms with van der Waals surface area (Å²) < 4.78 is 4.89. The van der Waals surface area contributed by atoms with Gasteiger partial charge in [-0.25, -0.2) is 0 Å². The molecule has 0 heterocycles. The number of hydrogen-bond acceptors (Lipinski definition) is 3. The molecule has 0 aliphatic heterocycles. The van der Waals surface area contributed by atoms with Gasteiger partial charge < -0.3 is 10.5 Å². The molecule has 0 aromatic heterocycles. The van der Waals surface area contributed by atoms with E-state index in [2.05, 4.69) is 0 Å². The number of hydrogen-bond donors (Lipinski definition) is 1. The summed E-state index contributed by atoms with van der Waals surface area (Å²) in [5.41, 5.74) is 6.19. The van der Waals surface area contributed by atoms with Gasteiger partial charge in [0, 0.05) is 12.5 Å². The van der Waals surface area contributed by atoms with Crippen LogP contribution in [0.2, 0.25) is 0 Å². The molecular formula is C10H11NO3. The van der Waals surface area contributed by atoms with E-state index in [0.717, 1.165) is 5.56 Å². The topological polar surface area (TPSA) is 69.4 Å². The number of primary amides is 1. The van der Waals surface area contributed by atoms with E-state index in [4.69, 9.17) is 10.5 Å². The Morgan fingerprint density at radius 3 is 2.50 bits per heavy atom. The molecule has 0 radical (unpaired) electrons. The van der Waals surface area contributed by atoms with Crippen molar-refractivity contribution in [2.75, 3.05) is 0 Å². The lowest BCUT2D eigenvalue weighted by Gasteiger charge is -2.06. The molecule has 0 bridgehead atoms. The fourth-order valence-corrected chi connectivity index (χ4v) is 1.02. The van der Waals surface area contributed by atoms with Crippen LogP contribution in [0.5, 0.6) is 5.75 Å². The van der Waals surface area contributed by atoms with Crippen molar-refractivity contribution in [1.29, 1.82) is 0 Å². The van der Waals surface area contributed by atoms with Crippen LogP contribution in [0.1, 0.15) is 22.8 Å². The summed E-state index contributed by atoms with van der Waals surface area (Å²) in [4.78, 5) is 21.5. The van der Waals surface area contributed by atoms with Crippen LogP contribution in [0.25, 0.3) is 0 Å². The number of benzene rings is 1. The number of carbonyl (C=O) groups excluding carboxylic acids is 2. The average molecular weight is 193 g/mol. The smallest absolute Gasteiger partial charge is 0.308 e. The van der Waals surface area contributed by atoms with Crippen molar-refractivity contribution in [2.45, 2.75) is 13.8 Å². The molecule has 4 heteroatoms. The summed E-state index contributed by atoms with van der Waals surface area (Å²) in [6, 6.07) is 4.72. The third kappa shape index (κ3) is 2.32. The average Bonchev–Trinajstić information content (AvgIpc) is 2.07. The van der Waals surface area contributed by atoms with Crippen molar-refractivity contribution in [2.24, 2.45) is 5.73 Å². The molecule has 1 amide bonds. The summed E-state index contributed by atoms with van der Waals surface area (Å²) in [7, 11) is 0. The first-order valence-electron chi connectivity index (χ1n) is 4.09. The second-order valence-corrected chi connectivity index (χ2v) is 2.94. The maximum Gasteiger partial charge on any atom is 0.308 e. The molecule has 1 rings (SSSR count). The van der Waals surface area contributed by atoms with Crippen LogP contribution in [-0.2, 0) is 4.79 Å². The number of aryl methyl sites for hydroxylation is 1. The molecule has 0 fully saturated rings. The van der Waals surface area contributed by atoms with Gasteiger partial charge in [0.15, 0.2) is 0 Å². The molecule has 0 spiro atoms. The zero-order valence-corrected chi connectivity index (χ0v) is 8.03. The molecule has 0 saturated heterocycles. The Morgan fingerprint density at radius 1 is 1.36 bits per heavy atom. The lowest BCUT2D eigenvalue weighted by Crippen LogP contribution is -2.12. The van der Waals surface area contributed by atoms with Crippen LogP contribution >= 0.6 is 0 Å². The van der Waals surface area contributed by atoms with Gasteiger partial charge in [-0.2, -0.15) is 0 Å². The zero-order valence-electron chi connectivity index (χ0n) is 8.03. The van der Waals surface area contributed by atoms with E-state index in [1.54, 1.807) is 19.1 Å². The first-order valence-corrected chi connectivity index (χ1v) is 4.09. The largest absolute Gasteiger partial charge is 0.426 e. The number of carbonyl (C=O) groups is 2. The van der Waals surface area contributed by atoms with E-state index in [9.17, 15) is 9.59 Å². The Morgan fingerprint density at radius 2 is 2.00 bits per heavy atom. The molecular weight excluding hydrogens is 182 g/mol. The number of esters is 1. The molecule has 0 aliphatic carbocycles. The number of nitrogens with two attached hydrogens (primary N) is 1. The Bertz CT molecular complexity index is 385. The van der Waals surface area contributed by atoms with Crippen LogP contribution in [0.15, 0.2) is 18.2 Å². The summed E-state index contributed by atoms with van der Waals surface area (Å²) in [5.74, 6) is -0.595. The van der Waals surface area contributed by atoms with Crippen LogP contribution in [-0.4, -0.2) is 11.9 Å². The number of amides is 1. The third-order valence-corrected chi connectivity index (χ3v) is 1.73. The predicted octanol–water partition coefficient (Wildman–Crippen LogP) is 1.02. The van der Waals surface area contributed by atoms with Crippen molar-refractivity contribution < 1.29 is 14.3 Å². The summed E-state index contributed by atoms with van der Waals surface area (Å²) in [6.45, 7) is 3.08. The van der Waals surface area contributed by atoms with Crippen molar-refractivity contribution in [1.82, 2.24) is 0 Å². The molecule has 0 saturated carbocycles. The van der Waals surface area contributed by atoms with Crippen molar-refractivity contribution in [3.63, 3.8) is 0 Å². The monoisotopic (exact) mass is 193 g/mol. The van der Waals surface area contributed by atoms with Crippen molar-refractivity contribution >= 4 is 11.9 Å². The van der Waals surface area contributed by atoms with E-state index in [1.807, 2.05) is 0 Å². The van der Waals surface area contributed by atoms with Crippen LogP contribution < -0.4 is 10.5 Å². The Balaban J connectivity index is 3.08. The lowest BCUT2D eigenvalue weighted by atomic mass is 10.1. The van der Waals surface area contributed by atoms with Crippen LogP contribution in [0.3, 0.4) is 0 Å². The lowest BCUT2D eigenvalue weighted by molar-refractivity contribution is -0.131. The van der Waals surface area contributed by atoms with Gasteiger partial charge in [-0.3, -0.25) is 9.59 Å². The van der Waals surface area contributed by atoms with Gasteiger partial charge in [-0.05, 0) is 24.6 Å². The zero-order chi connectivity index (χ0) is 10.7. The van der Waals surface area contributed by atoms with E-state index in [-0.39, 0.29) is 0 Å². The highest BCUT2D eigenvalue weighted by molar-refractivity contribution is 5.93. The molecule has 4 nitrogen and oxygen atoms in total. The number of rotatable bonds is 2. The van der Waals surface area contributed by atoms with Crippen LogP contribution in [0.4, 0.5) is 0 Å². The molecule has 1 aromatic rings. The molecule has 74 valence electrons. The summed E-state index contributed by atoms with van der Waals surface area (Å²) in [5, 5.41) is 0. The standard InChI is InChI=1S/C10H11NO3/c1-6-3-4-8(10(11)13)5-9(6)14-7(2)12/h3-5H,1-2H3,(H2,11,13). The van der Waals surface area contributed by atoms with E-state index >= 15 is 0 Å².